The van der Waals surface area contributed by atoms with Crippen LogP contribution in [0.15, 0.2) is 22.7 Å². The van der Waals surface area contributed by atoms with Crippen molar-refractivity contribution < 1.29 is 0 Å². The molecule has 2 rings (SSSR count). The predicted molar refractivity (Wildman–Crippen MR) is 71.2 cm³/mol. The number of thioether (sulfide) groups is 1. The highest BCUT2D eigenvalue weighted by Crippen LogP contribution is 2.19. The Morgan fingerprint density at radius 2 is 2.00 bits per heavy atom. The van der Waals surface area contributed by atoms with Crippen LogP contribution in [-0.2, 0) is 6.54 Å². The van der Waals surface area contributed by atoms with Gasteiger partial charge in [0.25, 0.3) is 0 Å². The molecule has 0 atom stereocenters. The Morgan fingerprint density at radius 3 is 2.67 bits per heavy atom. The van der Waals surface area contributed by atoms with Crippen LogP contribution < -0.4 is 5.73 Å². The minimum absolute atomic E-state index is 0.839. The van der Waals surface area contributed by atoms with Gasteiger partial charge in [0, 0.05) is 41.3 Å². The fourth-order valence-corrected chi connectivity index (χ4v) is 3.32. The summed E-state index contributed by atoms with van der Waals surface area (Å²) in [5, 5.41) is 0. The monoisotopic (exact) mass is 286 g/mol. The van der Waals surface area contributed by atoms with E-state index in [0.717, 1.165) is 16.7 Å². The zero-order valence-corrected chi connectivity index (χ0v) is 11.0. The Balaban J connectivity index is 2.02. The quantitative estimate of drug-likeness (QED) is 0.848. The van der Waals surface area contributed by atoms with Crippen LogP contribution >= 0.6 is 27.7 Å². The zero-order valence-electron chi connectivity index (χ0n) is 8.58. The van der Waals surface area contributed by atoms with Crippen molar-refractivity contribution >= 4 is 33.4 Å². The third-order valence-electron chi connectivity index (χ3n) is 2.49. The summed E-state index contributed by atoms with van der Waals surface area (Å²) in [6.45, 7) is 3.40. The van der Waals surface area contributed by atoms with E-state index in [1.165, 1.54) is 30.2 Å². The molecule has 0 spiro atoms. The van der Waals surface area contributed by atoms with Gasteiger partial charge in [-0.05, 0) is 23.8 Å². The van der Waals surface area contributed by atoms with Gasteiger partial charge in [0.1, 0.15) is 0 Å². The van der Waals surface area contributed by atoms with Crippen LogP contribution in [0.1, 0.15) is 5.56 Å². The van der Waals surface area contributed by atoms with Crippen molar-refractivity contribution in [3.05, 3.63) is 28.2 Å². The van der Waals surface area contributed by atoms with Crippen molar-refractivity contribution in [3.63, 3.8) is 0 Å². The van der Waals surface area contributed by atoms with Crippen LogP contribution in [-0.4, -0.2) is 29.5 Å². The van der Waals surface area contributed by atoms with Crippen LogP contribution in [0.5, 0.6) is 0 Å². The van der Waals surface area contributed by atoms with Gasteiger partial charge in [0.15, 0.2) is 0 Å². The average molecular weight is 287 g/mol. The number of benzene rings is 1. The summed E-state index contributed by atoms with van der Waals surface area (Å²) in [7, 11) is 0. The number of nitrogens with zero attached hydrogens (tertiary/aromatic N) is 1. The van der Waals surface area contributed by atoms with Gasteiger partial charge in [-0.3, -0.25) is 4.90 Å². The van der Waals surface area contributed by atoms with Crippen molar-refractivity contribution in [1.82, 2.24) is 4.90 Å². The molecule has 0 aromatic heterocycles. The fraction of sp³-hybridized carbons (Fsp3) is 0.455. The molecule has 1 aliphatic heterocycles. The van der Waals surface area contributed by atoms with E-state index in [4.69, 9.17) is 5.73 Å². The summed E-state index contributed by atoms with van der Waals surface area (Å²) in [5.74, 6) is 2.51. The maximum absolute atomic E-state index is 5.81. The van der Waals surface area contributed by atoms with Gasteiger partial charge in [-0.25, -0.2) is 0 Å². The predicted octanol–water partition coefficient (Wildman–Crippen LogP) is 2.58. The minimum atomic E-state index is 0.839. The summed E-state index contributed by atoms with van der Waals surface area (Å²) in [5.41, 5.74) is 7.95. The van der Waals surface area contributed by atoms with Gasteiger partial charge >= 0.3 is 0 Å². The van der Waals surface area contributed by atoms with Crippen molar-refractivity contribution in [2.45, 2.75) is 6.54 Å². The molecule has 2 nitrogen and oxygen atoms in total. The molecule has 2 N–H and O–H groups in total. The van der Waals surface area contributed by atoms with Crippen molar-refractivity contribution in [3.8, 4) is 0 Å². The second-order valence-electron chi connectivity index (χ2n) is 3.78. The van der Waals surface area contributed by atoms with Crippen LogP contribution in [0, 0.1) is 0 Å². The maximum atomic E-state index is 5.81. The lowest BCUT2D eigenvalue weighted by Gasteiger charge is -2.26. The second-order valence-corrected chi connectivity index (χ2v) is 5.92. The van der Waals surface area contributed by atoms with Gasteiger partial charge in [-0.15, -0.1) is 0 Å². The lowest BCUT2D eigenvalue weighted by Crippen LogP contribution is -2.31. The molecule has 82 valence electrons. The zero-order chi connectivity index (χ0) is 10.7. The SMILES string of the molecule is Nc1cc(Br)cc(CN2CCSCC2)c1. The standard InChI is InChI=1S/C11H15BrN2S/c12-10-5-9(6-11(13)7-10)8-14-1-3-15-4-2-14/h5-7H,1-4,8,13H2. The van der Waals surface area contributed by atoms with E-state index in [-0.39, 0.29) is 0 Å². The Morgan fingerprint density at radius 1 is 1.27 bits per heavy atom. The summed E-state index contributed by atoms with van der Waals surface area (Å²) in [6, 6.07) is 6.15. The molecule has 1 fully saturated rings. The van der Waals surface area contributed by atoms with Gasteiger partial charge in [-0.1, -0.05) is 15.9 Å². The first kappa shape index (κ1) is 11.3. The highest BCUT2D eigenvalue weighted by Gasteiger charge is 2.10. The Labute approximate surface area is 103 Å². The normalized spacial score (nSPS) is 17.9. The number of halogens is 1. The molecule has 1 saturated heterocycles. The highest BCUT2D eigenvalue weighted by molar-refractivity contribution is 9.10. The van der Waals surface area contributed by atoms with Crippen LogP contribution in [0.4, 0.5) is 5.69 Å². The van der Waals surface area contributed by atoms with Crippen LogP contribution in [0.25, 0.3) is 0 Å². The molecule has 0 aliphatic carbocycles. The van der Waals surface area contributed by atoms with E-state index in [2.05, 4.69) is 33.0 Å². The first-order valence-corrected chi connectivity index (χ1v) is 7.04. The molecule has 1 aliphatic rings. The van der Waals surface area contributed by atoms with Gasteiger partial charge in [0.2, 0.25) is 0 Å². The van der Waals surface area contributed by atoms with E-state index >= 15 is 0 Å². The minimum Gasteiger partial charge on any atom is -0.399 e. The van der Waals surface area contributed by atoms with E-state index in [1.807, 2.05) is 17.8 Å². The van der Waals surface area contributed by atoms with Crippen LogP contribution in [0.2, 0.25) is 0 Å². The number of rotatable bonds is 2. The first-order chi connectivity index (χ1) is 7.24. The molecule has 4 heteroatoms. The maximum Gasteiger partial charge on any atom is 0.0328 e. The van der Waals surface area contributed by atoms with E-state index < -0.39 is 0 Å². The smallest absolute Gasteiger partial charge is 0.0328 e. The van der Waals surface area contributed by atoms with Gasteiger partial charge < -0.3 is 5.73 Å². The van der Waals surface area contributed by atoms with E-state index in [9.17, 15) is 0 Å². The summed E-state index contributed by atoms with van der Waals surface area (Å²) >= 11 is 5.52. The lowest BCUT2D eigenvalue weighted by molar-refractivity contribution is 0.294. The molecule has 0 bridgehead atoms. The molecule has 0 unspecified atom stereocenters. The van der Waals surface area contributed by atoms with Crippen molar-refractivity contribution in [2.75, 3.05) is 30.3 Å². The number of nitrogens with two attached hydrogens (primary N) is 1. The fourth-order valence-electron chi connectivity index (χ4n) is 1.78. The van der Waals surface area contributed by atoms with Gasteiger partial charge in [0.05, 0.1) is 0 Å². The molecule has 1 heterocycles. The van der Waals surface area contributed by atoms with Crippen molar-refractivity contribution in [2.24, 2.45) is 0 Å². The third-order valence-corrected chi connectivity index (χ3v) is 3.89. The Hall–Kier alpha value is -0.190. The van der Waals surface area contributed by atoms with Gasteiger partial charge in [-0.2, -0.15) is 11.8 Å². The molecule has 1 aromatic rings. The Bertz CT molecular complexity index is 317. The average Bonchev–Trinajstić information content (AvgIpc) is 2.17. The molecule has 0 saturated carbocycles. The number of hydrogen-bond acceptors (Lipinski definition) is 3. The van der Waals surface area contributed by atoms with E-state index in [1.54, 1.807) is 0 Å². The second kappa shape index (κ2) is 5.23. The summed E-state index contributed by atoms with van der Waals surface area (Å²) in [4.78, 5) is 2.48. The number of anilines is 1. The summed E-state index contributed by atoms with van der Waals surface area (Å²) < 4.78 is 1.07. The highest BCUT2D eigenvalue weighted by atomic mass is 79.9. The summed E-state index contributed by atoms with van der Waals surface area (Å²) in [6.07, 6.45) is 0. The molecule has 0 amide bonds. The molecule has 0 radical (unpaired) electrons. The first-order valence-electron chi connectivity index (χ1n) is 5.09. The van der Waals surface area contributed by atoms with E-state index in [0.29, 0.717) is 0 Å². The molecular formula is C11H15BrN2S. The van der Waals surface area contributed by atoms with Crippen LogP contribution in [0.3, 0.4) is 0 Å². The number of nitrogen functional groups attached to an aromatic ring is 1. The third kappa shape index (κ3) is 3.40. The topological polar surface area (TPSA) is 29.3 Å². The molecular weight excluding hydrogens is 272 g/mol. The largest absolute Gasteiger partial charge is 0.399 e. The van der Waals surface area contributed by atoms with Crippen molar-refractivity contribution in [1.29, 1.82) is 0 Å². The lowest BCUT2D eigenvalue weighted by atomic mass is 10.2. The number of hydrogen-bond donors (Lipinski definition) is 1. The molecule has 1 aromatic carbocycles. The molecule has 15 heavy (non-hydrogen) atoms. The Kier molecular flexibility index (Phi) is 3.94.